The molecule has 1 saturated heterocycles. The maximum absolute atomic E-state index is 13.1. The number of thioether (sulfide) groups is 1. The van der Waals surface area contributed by atoms with E-state index in [1.807, 2.05) is 48.5 Å². The van der Waals surface area contributed by atoms with E-state index in [1.165, 1.54) is 23.1 Å². The van der Waals surface area contributed by atoms with E-state index < -0.39 is 12.2 Å². The van der Waals surface area contributed by atoms with E-state index in [0.29, 0.717) is 11.5 Å². The summed E-state index contributed by atoms with van der Waals surface area (Å²) in [5.41, 5.74) is -0.818. The van der Waals surface area contributed by atoms with Crippen LogP contribution in [-0.4, -0.2) is 65.6 Å². The summed E-state index contributed by atoms with van der Waals surface area (Å²) >= 11 is 2.75. The van der Waals surface area contributed by atoms with Gasteiger partial charge in [-0.1, -0.05) is 50.8 Å². The molecule has 1 aliphatic heterocycles. The Morgan fingerprint density at radius 3 is 2.26 bits per heavy atom. The molecular weight excluding hydrogens is 401 g/mol. The van der Waals surface area contributed by atoms with Crippen molar-refractivity contribution in [2.45, 2.75) is 66.1 Å². The number of nitrogens with zero attached hydrogens (tertiary/aromatic N) is 1. The Hall–Kier alpha value is 0.480. The zero-order valence-electron chi connectivity index (χ0n) is 18.1. The first-order chi connectivity index (χ1) is 12.4. The lowest BCUT2D eigenvalue weighted by molar-refractivity contribution is -0.118. The number of hydrogen-bond donors (Lipinski definition) is 0. The largest absolute Gasteiger partial charge is 0.379 e. The Morgan fingerprint density at radius 2 is 1.74 bits per heavy atom. The van der Waals surface area contributed by atoms with Crippen LogP contribution in [0.3, 0.4) is 0 Å². The smallest absolute Gasteiger partial charge is 0.260 e. The molecule has 0 aromatic carbocycles. The molecule has 1 unspecified atom stereocenters. The number of hydrogen-bond acceptors (Lipinski definition) is 7. The second kappa shape index (κ2) is 11.0. The molecule has 1 atom stereocenters. The van der Waals surface area contributed by atoms with Gasteiger partial charge in [-0.15, -0.1) is 0 Å². The molecule has 1 aliphatic rings. The summed E-state index contributed by atoms with van der Waals surface area (Å²) in [5.74, 6) is 1.32. The molecule has 1 heterocycles. The number of ether oxygens (including phenoxy) is 1. The highest BCUT2D eigenvalue weighted by molar-refractivity contribution is 8.56. The topological polar surface area (TPSA) is 55.8 Å². The molecule has 1 rings (SSSR count). The second-order valence-corrected chi connectivity index (χ2v) is 15.2. The highest BCUT2D eigenvalue weighted by atomic mass is 32.7. The number of morpholine rings is 1. The molecule has 0 radical (unpaired) electrons. The molecule has 0 amide bonds. The minimum absolute atomic E-state index is 0.0348. The quantitative estimate of drug-likeness (QED) is 0.345. The minimum Gasteiger partial charge on any atom is -0.379 e. The van der Waals surface area contributed by atoms with Crippen molar-refractivity contribution < 1.29 is 18.6 Å². The van der Waals surface area contributed by atoms with E-state index in [9.17, 15) is 9.36 Å². The summed E-state index contributed by atoms with van der Waals surface area (Å²) in [5, 5.41) is 0.215. The molecular formula is C19H38NO4PS2. The van der Waals surface area contributed by atoms with Gasteiger partial charge in [0.05, 0.1) is 18.8 Å². The average Bonchev–Trinajstić information content (AvgIpc) is 2.56. The lowest BCUT2D eigenvalue weighted by Gasteiger charge is -2.30. The Bertz CT molecular complexity index is 514. The van der Waals surface area contributed by atoms with E-state index in [1.54, 1.807) is 0 Å². The molecule has 1 fully saturated rings. The third kappa shape index (κ3) is 9.68. The molecule has 5 nitrogen and oxygen atoms in total. The van der Waals surface area contributed by atoms with Gasteiger partial charge in [-0.3, -0.25) is 14.3 Å². The molecule has 0 bridgehead atoms. The summed E-state index contributed by atoms with van der Waals surface area (Å²) in [4.78, 5) is 15.0. The van der Waals surface area contributed by atoms with E-state index in [2.05, 4.69) is 4.90 Å². The van der Waals surface area contributed by atoms with Crippen LogP contribution in [0.25, 0.3) is 0 Å². The molecule has 160 valence electrons. The molecule has 0 aromatic rings. The molecule has 0 N–H and O–H groups in total. The van der Waals surface area contributed by atoms with Crippen LogP contribution >= 0.6 is 29.7 Å². The first kappa shape index (κ1) is 25.5. The van der Waals surface area contributed by atoms with Crippen molar-refractivity contribution in [3.8, 4) is 0 Å². The van der Waals surface area contributed by atoms with Crippen LogP contribution in [0.5, 0.6) is 0 Å². The Morgan fingerprint density at radius 1 is 1.15 bits per heavy atom. The Labute approximate surface area is 174 Å². The highest BCUT2D eigenvalue weighted by Gasteiger charge is 2.34. The predicted octanol–water partition coefficient (Wildman–Crippen LogP) is 5.14. The van der Waals surface area contributed by atoms with E-state index in [0.717, 1.165) is 39.3 Å². The van der Waals surface area contributed by atoms with Gasteiger partial charge in [0.15, 0.2) is 5.12 Å². The zero-order valence-corrected chi connectivity index (χ0v) is 20.6. The minimum atomic E-state index is -2.77. The summed E-state index contributed by atoms with van der Waals surface area (Å²) in [6.45, 7) is 15.3. The number of carbonyl (C=O) groups excluding carboxylic acids is 1. The first-order valence-electron chi connectivity index (χ1n) is 9.78. The van der Waals surface area contributed by atoms with Gasteiger partial charge in [-0.05, 0) is 33.7 Å². The van der Waals surface area contributed by atoms with Crippen molar-refractivity contribution in [1.82, 2.24) is 4.90 Å². The zero-order chi connectivity index (χ0) is 20.7. The maximum atomic E-state index is 13.1. The van der Waals surface area contributed by atoms with Gasteiger partial charge >= 0.3 is 0 Å². The van der Waals surface area contributed by atoms with E-state index in [-0.39, 0.29) is 16.2 Å². The van der Waals surface area contributed by atoms with Crippen LogP contribution in [0.15, 0.2) is 0 Å². The van der Waals surface area contributed by atoms with Crippen LogP contribution in [0, 0.1) is 5.41 Å². The molecule has 8 heteroatoms. The fourth-order valence-corrected chi connectivity index (χ4v) is 8.57. The average molecular weight is 440 g/mol. The Kier molecular flexibility index (Phi) is 10.4. The van der Waals surface area contributed by atoms with Gasteiger partial charge in [0.25, 0.3) is 6.57 Å². The standard InChI is InChI=1S/C19H38NO4PS2/c1-16(2)25(22,24-18(3,4)5)27-15-14-26-17(21)19(6,7)8-9-20-10-12-23-13-11-20/h16H,8-15H2,1-7H3. The SMILES string of the molecule is CC(C)P(=O)(OC(C)(C)C)SCCSC(=O)C(C)(C)CCN1CCOCC1. The van der Waals surface area contributed by atoms with E-state index >= 15 is 0 Å². The van der Waals surface area contributed by atoms with Crippen molar-refractivity contribution in [3.63, 3.8) is 0 Å². The second-order valence-electron chi connectivity index (χ2n) is 8.89. The highest BCUT2D eigenvalue weighted by Crippen LogP contribution is 2.65. The van der Waals surface area contributed by atoms with Gasteiger partial charge in [-0.25, -0.2) is 0 Å². The summed E-state index contributed by atoms with van der Waals surface area (Å²) in [7, 11) is 0. The third-order valence-corrected chi connectivity index (χ3v) is 11.7. The first-order valence-corrected chi connectivity index (χ1v) is 14.1. The monoisotopic (exact) mass is 439 g/mol. The van der Waals surface area contributed by atoms with Crippen LogP contribution in [0.2, 0.25) is 0 Å². The molecule has 0 aromatic heterocycles. The molecule has 27 heavy (non-hydrogen) atoms. The van der Waals surface area contributed by atoms with Crippen molar-refractivity contribution in [3.05, 3.63) is 0 Å². The Balaban J connectivity index is 2.40. The third-order valence-electron chi connectivity index (χ3n) is 4.33. The van der Waals surface area contributed by atoms with Crippen LogP contribution in [-0.2, 0) is 18.6 Å². The lowest BCUT2D eigenvalue weighted by Crippen LogP contribution is -2.39. The van der Waals surface area contributed by atoms with Crippen molar-refractivity contribution >= 4 is 34.8 Å². The number of rotatable bonds is 10. The van der Waals surface area contributed by atoms with Gasteiger partial charge in [0.2, 0.25) is 0 Å². The fourth-order valence-electron chi connectivity index (χ4n) is 2.52. The lowest BCUT2D eigenvalue weighted by atomic mass is 9.91. The van der Waals surface area contributed by atoms with Crippen molar-refractivity contribution in [2.75, 3.05) is 44.4 Å². The van der Waals surface area contributed by atoms with Crippen molar-refractivity contribution in [1.29, 1.82) is 0 Å². The number of carbonyl (C=O) groups is 1. The van der Waals surface area contributed by atoms with Gasteiger partial charge in [-0.2, -0.15) is 0 Å². The fraction of sp³-hybridized carbons (Fsp3) is 0.947. The summed E-state index contributed by atoms with van der Waals surface area (Å²) in [6, 6.07) is 0. The van der Waals surface area contributed by atoms with Gasteiger partial charge < -0.3 is 9.26 Å². The van der Waals surface area contributed by atoms with E-state index in [4.69, 9.17) is 9.26 Å². The van der Waals surface area contributed by atoms with Crippen LogP contribution in [0.4, 0.5) is 0 Å². The van der Waals surface area contributed by atoms with Gasteiger partial charge in [0.1, 0.15) is 0 Å². The van der Waals surface area contributed by atoms with Crippen molar-refractivity contribution in [2.24, 2.45) is 5.41 Å². The normalized spacial score (nSPS) is 19.3. The molecule has 0 saturated carbocycles. The predicted molar refractivity (Wildman–Crippen MR) is 119 cm³/mol. The van der Waals surface area contributed by atoms with Gasteiger partial charge in [0, 0.05) is 35.7 Å². The summed E-state index contributed by atoms with van der Waals surface area (Å²) in [6.07, 6.45) is 0.851. The van der Waals surface area contributed by atoms with Crippen LogP contribution < -0.4 is 0 Å². The van der Waals surface area contributed by atoms with Crippen LogP contribution in [0.1, 0.15) is 54.9 Å². The maximum Gasteiger partial charge on any atom is 0.260 e. The summed E-state index contributed by atoms with van der Waals surface area (Å²) < 4.78 is 24.3. The molecule has 0 aliphatic carbocycles. The molecule has 0 spiro atoms.